The van der Waals surface area contributed by atoms with E-state index in [1.54, 1.807) is 0 Å². The lowest BCUT2D eigenvalue weighted by molar-refractivity contribution is 0.672. The molecular weight excluding hydrogens is 486 g/mol. The number of hydrogen-bond acceptors (Lipinski definition) is 2. The molecule has 0 radical (unpaired) electrons. The fraction of sp³-hybridized carbons (Fsp3) is 0. The molecule has 0 N–H and O–H groups in total. The number of fused-ring (bicyclic) bond motifs is 6. The summed E-state index contributed by atoms with van der Waals surface area (Å²) in [5, 5.41) is 5.75. The third kappa shape index (κ3) is 3.58. The van der Waals surface area contributed by atoms with Gasteiger partial charge in [-0.15, -0.1) is 0 Å². The second-order valence-corrected chi connectivity index (χ2v) is 9.84. The van der Waals surface area contributed by atoms with Gasteiger partial charge in [0.2, 0.25) is 0 Å². The SMILES string of the molecule is [2H]c1c([2H])c(N(c2cccc3ccccc23)c2cccc3oc4c5ccccc5ccc4c23)c([2H])c([2H])c1-c1ccccc1. The van der Waals surface area contributed by atoms with Crippen LogP contribution in [0.15, 0.2) is 156 Å². The van der Waals surface area contributed by atoms with E-state index in [9.17, 15) is 2.74 Å². The van der Waals surface area contributed by atoms with Gasteiger partial charge in [0, 0.05) is 21.8 Å². The molecular formula is C38H25NO. The van der Waals surface area contributed by atoms with Crippen LogP contribution in [0.4, 0.5) is 17.1 Å². The Morgan fingerprint density at radius 1 is 0.475 bits per heavy atom. The van der Waals surface area contributed by atoms with Crippen LogP contribution in [0, 0.1) is 0 Å². The van der Waals surface area contributed by atoms with Crippen LogP contribution < -0.4 is 4.90 Å². The summed E-state index contributed by atoms with van der Waals surface area (Å²) in [5.74, 6) is 0. The van der Waals surface area contributed by atoms with E-state index in [2.05, 4.69) is 18.2 Å². The first-order chi connectivity index (χ1) is 21.5. The molecule has 0 fully saturated rings. The maximum absolute atomic E-state index is 9.35. The number of benzene rings is 7. The maximum Gasteiger partial charge on any atom is 0.143 e. The summed E-state index contributed by atoms with van der Waals surface area (Å²) in [6.45, 7) is 0. The van der Waals surface area contributed by atoms with Crippen LogP contribution in [-0.2, 0) is 0 Å². The normalized spacial score (nSPS) is 12.9. The van der Waals surface area contributed by atoms with Crippen molar-refractivity contribution < 1.29 is 9.90 Å². The minimum Gasteiger partial charge on any atom is -0.455 e. The average molecular weight is 516 g/mol. The van der Waals surface area contributed by atoms with Gasteiger partial charge in [0.05, 0.1) is 22.2 Å². The summed E-state index contributed by atoms with van der Waals surface area (Å²) < 4.78 is 43.4. The minimum atomic E-state index is -0.118. The second-order valence-electron chi connectivity index (χ2n) is 9.84. The summed E-state index contributed by atoms with van der Waals surface area (Å²) in [7, 11) is 0. The highest BCUT2D eigenvalue weighted by Crippen LogP contribution is 2.46. The monoisotopic (exact) mass is 515 g/mol. The van der Waals surface area contributed by atoms with Crippen molar-refractivity contribution in [1.82, 2.24) is 0 Å². The van der Waals surface area contributed by atoms with E-state index >= 15 is 0 Å². The Hall–Kier alpha value is -5.34. The van der Waals surface area contributed by atoms with Gasteiger partial charge in [-0.25, -0.2) is 0 Å². The van der Waals surface area contributed by atoms with E-state index in [1.165, 1.54) is 0 Å². The zero-order chi connectivity index (χ0) is 29.9. The Morgan fingerprint density at radius 3 is 1.95 bits per heavy atom. The van der Waals surface area contributed by atoms with Gasteiger partial charge in [-0.2, -0.15) is 0 Å². The third-order valence-electron chi connectivity index (χ3n) is 7.51. The van der Waals surface area contributed by atoms with Crippen molar-refractivity contribution in [2.75, 3.05) is 4.90 Å². The Labute approximate surface area is 238 Å². The lowest BCUT2D eigenvalue weighted by atomic mass is 10.0. The predicted octanol–water partition coefficient (Wildman–Crippen LogP) is 11.0. The molecule has 0 aliphatic rings. The number of rotatable bonds is 4. The maximum atomic E-state index is 9.35. The fourth-order valence-corrected chi connectivity index (χ4v) is 5.66. The highest BCUT2D eigenvalue weighted by atomic mass is 16.3. The van der Waals surface area contributed by atoms with Crippen molar-refractivity contribution in [2.45, 2.75) is 0 Å². The molecule has 1 aromatic heterocycles. The van der Waals surface area contributed by atoms with Gasteiger partial charge in [-0.3, -0.25) is 0 Å². The molecule has 0 amide bonds. The molecule has 0 spiro atoms. The van der Waals surface area contributed by atoms with Gasteiger partial charge in [0.1, 0.15) is 11.2 Å². The van der Waals surface area contributed by atoms with Crippen molar-refractivity contribution in [1.29, 1.82) is 0 Å². The predicted molar refractivity (Wildman–Crippen MR) is 169 cm³/mol. The molecule has 40 heavy (non-hydrogen) atoms. The Kier molecular flexibility index (Phi) is 4.31. The van der Waals surface area contributed by atoms with Crippen LogP contribution in [-0.4, -0.2) is 0 Å². The van der Waals surface area contributed by atoms with Crippen molar-refractivity contribution in [3.63, 3.8) is 0 Å². The van der Waals surface area contributed by atoms with Crippen molar-refractivity contribution in [2.24, 2.45) is 0 Å². The largest absolute Gasteiger partial charge is 0.455 e. The summed E-state index contributed by atoms with van der Waals surface area (Å²) in [6.07, 6.45) is 0. The van der Waals surface area contributed by atoms with E-state index in [1.807, 2.05) is 114 Å². The zero-order valence-corrected chi connectivity index (χ0v) is 21.5. The number of hydrogen-bond donors (Lipinski definition) is 0. The molecule has 1 heterocycles. The topological polar surface area (TPSA) is 16.4 Å². The zero-order valence-electron chi connectivity index (χ0n) is 25.5. The first-order valence-electron chi connectivity index (χ1n) is 15.3. The number of nitrogens with zero attached hydrogens (tertiary/aromatic N) is 1. The summed E-state index contributed by atoms with van der Waals surface area (Å²) in [4.78, 5) is 1.88. The van der Waals surface area contributed by atoms with Crippen LogP contribution in [0.25, 0.3) is 54.6 Å². The average Bonchev–Trinajstić information content (AvgIpc) is 3.46. The van der Waals surface area contributed by atoms with Gasteiger partial charge < -0.3 is 9.32 Å². The molecule has 8 rings (SSSR count). The molecule has 0 aliphatic carbocycles. The van der Waals surface area contributed by atoms with E-state index in [0.29, 0.717) is 16.8 Å². The molecule has 0 bridgehead atoms. The summed E-state index contributed by atoms with van der Waals surface area (Å²) in [5.41, 5.74) is 4.00. The lowest BCUT2D eigenvalue weighted by Gasteiger charge is -2.27. The molecule has 2 heteroatoms. The van der Waals surface area contributed by atoms with Crippen LogP contribution >= 0.6 is 0 Å². The standard InChI is InChI=1S/C38H25NO/c1-2-10-26(11-3-1)27-20-23-30(24-21-27)39(34-17-8-14-28-12-4-6-15-31(28)34)35-18-9-19-36-37(35)33-25-22-29-13-5-7-16-32(29)38(33)40-36/h1-25H/i20D,21D,23D,24D. The molecule has 188 valence electrons. The van der Waals surface area contributed by atoms with Crippen LogP contribution in [0.2, 0.25) is 0 Å². The molecule has 8 aromatic rings. The van der Waals surface area contributed by atoms with Crippen LogP contribution in [0.3, 0.4) is 0 Å². The van der Waals surface area contributed by atoms with Crippen LogP contribution in [0.5, 0.6) is 0 Å². The molecule has 7 aromatic carbocycles. The molecule has 2 nitrogen and oxygen atoms in total. The second kappa shape index (κ2) is 9.14. The van der Waals surface area contributed by atoms with Crippen molar-refractivity contribution >= 4 is 60.5 Å². The third-order valence-corrected chi connectivity index (χ3v) is 7.51. The summed E-state index contributed by atoms with van der Waals surface area (Å²) >= 11 is 0. The van der Waals surface area contributed by atoms with E-state index < -0.39 is 0 Å². The van der Waals surface area contributed by atoms with E-state index in [0.717, 1.165) is 43.6 Å². The highest BCUT2D eigenvalue weighted by molar-refractivity contribution is 6.20. The van der Waals surface area contributed by atoms with Gasteiger partial charge >= 0.3 is 0 Å². The van der Waals surface area contributed by atoms with Gasteiger partial charge in [0.25, 0.3) is 0 Å². The highest BCUT2D eigenvalue weighted by Gasteiger charge is 2.21. The van der Waals surface area contributed by atoms with E-state index in [-0.39, 0.29) is 35.4 Å². The van der Waals surface area contributed by atoms with Gasteiger partial charge in [0.15, 0.2) is 0 Å². The Bertz CT molecular complexity index is 2360. The first-order valence-corrected chi connectivity index (χ1v) is 13.3. The fourth-order valence-electron chi connectivity index (χ4n) is 5.66. The molecule has 0 aliphatic heterocycles. The quantitative estimate of drug-likeness (QED) is 0.232. The Balaban J connectivity index is 1.50. The van der Waals surface area contributed by atoms with Crippen LogP contribution in [0.1, 0.15) is 5.48 Å². The van der Waals surface area contributed by atoms with Gasteiger partial charge in [-0.05, 0) is 58.2 Å². The molecule has 0 unspecified atom stereocenters. The number of anilines is 3. The van der Waals surface area contributed by atoms with Gasteiger partial charge in [-0.1, -0.05) is 115 Å². The molecule has 0 saturated heterocycles. The molecule has 0 saturated carbocycles. The lowest BCUT2D eigenvalue weighted by Crippen LogP contribution is -2.10. The first kappa shape index (κ1) is 18.8. The Morgan fingerprint density at radius 2 is 1.12 bits per heavy atom. The smallest absolute Gasteiger partial charge is 0.143 e. The van der Waals surface area contributed by atoms with Crippen molar-refractivity contribution in [3.8, 4) is 11.1 Å². The number of furan rings is 1. The van der Waals surface area contributed by atoms with Crippen molar-refractivity contribution in [3.05, 3.63) is 152 Å². The molecule has 0 atom stereocenters. The van der Waals surface area contributed by atoms with E-state index in [4.69, 9.17) is 7.16 Å². The summed E-state index contributed by atoms with van der Waals surface area (Å²) in [6, 6.07) is 40.8. The minimum absolute atomic E-state index is 0.0901.